The highest BCUT2D eigenvalue weighted by molar-refractivity contribution is 6.32. The van der Waals surface area contributed by atoms with E-state index in [1.165, 1.54) is 19.3 Å². The van der Waals surface area contributed by atoms with Crippen molar-refractivity contribution in [3.63, 3.8) is 0 Å². The molecule has 0 N–H and O–H groups in total. The van der Waals surface area contributed by atoms with Crippen LogP contribution < -0.4 is 0 Å². The fourth-order valence-electron chi connectivity index (χ4n) is 1.58. The molecular formula is C11H20ClN. The summed E-state index contributed by atoms with van der Waals surface area (Å²) < 4.78 is 0. The third-order valence-electron chi connectivity index (χ3n) is 2.37. The van der Waals surface area contributed by atoms with Gasteiger partial charge in [0.15, 0.2) is 0 Å². The van der Waals surface area contributed by atoms with E-state index in [0.29, 0.717) is 0 Å². The van der Waals surface area contributed by atoms with Crippen molar-refractivity contribution in [1.82, 2.24) is 0 Å². The van der Waals surface area contributed by atoms with Gasteiger partial charge >= 0.3 is 0 Å². The lowest BCUT2D eigenvalue weighted by Gasteiger charge is -2.28. The van der Waals surface area contributed by atoms with Gasteiger partial charge in [-0.15, -0.1) is 11.6 Å². The fraction of sp³-hybridized carbons (Fsp3) is 0.909. The first-order chi connectivity index (χ1) is 5.91. The van der Waals surface area contributed by atoms with E-state index in [1.807, 2.05) is 6.21 Å². The first-order valence-corrected chi connectivity index (χ1v) is 5.54. The number of alkyl halides is 1. The van der Waals surface area contributed by atoms with Crippen LogP contribution in [0, 0.1) is 0 Å². The van der Waals surface area contributed by atoms with E-state index in [0.717, 1.165) is 12.8 Å². The molecule has 0 aromatic heterocycles. The summed E-state index contributed by atoms with van der Waals surface area (Å²) in [6, 6.07) is 0. The average molecular weight is 202 g/mol. The van der Waals surface area contributed by atoms with Crippen molar-refractivity contribution >= 4 is 17.8 Å². The minimum Gasteiger partial charge on any atom is -0.290 e. The van der Waals surface area contributed by atoms with Crippen LogP contribution in [0.4, 0.5) is 0 Å². The first kappa shape index (κ1) is 11.0. The quantitative estimate of drug-likeness (QED) is 0.452. The highest BCUT2D eigenvalue weighted by Crippen LogP contribution is 2.32. The second-order valence-electron chi connectivity index (χ2n) is 5.02. The first-order valence-electron chi connectivity index (χ1n) is 5.17. The molecule has 0 unspecified atom stereocenters. The maximum absolute atomic E-state index is 6.43. The molecule has 13 heavy (non-hydrogen) atoms. The molecule has 1 aliphatic carbocycles. The van der Waals surface area contributed by atoms with Crippen molar-refractivity contribution in [1.29, 1.82) is 0 Å². The summed E-state index contributed by atoms with van der Waals surface area (Å²) in [6.45, 7) is 6.31. The van der Waals surface area contributed by atoms with Crippen LogP contribution in [0.3, 0.4) is 0 Å². The Morgan fingerprint density at radius 1 is 1.15 bits per heavy atom. The maximum atomic E-state index is 6.43. The van der Waals surface area contributed by atoms with Crippen LogP contribution in [0.5, 0.6) is 0 Å². The predicted octanol–water partition coefficient (Wildman–Crippen LogP) is 3.80. The summed E-state index contributed by atoms with van der Waals surface area (Å²) in [5, 5.41) is 0. The Morgan fingerprint density at radius 3 is 2.15 bits per heavy atom. The zero-order chi connectivity index (χ0) is 9.95. The maximum Gasteiger partial charge on any atom is 0.0792 e. The summed E-state index contributed by atoms with van der Waals surface area (Å²) in [6.07, 6.45) is 7.99. The SMILES string of the molecule is CC(C)(C)N=CC1(Cl)CCCCC1. The van der Waals surface area contributed by atoms with E-state index >= 15 is 0 Å². The summed E-state index contributed by atoms with van der Waals surface area (Å²) in [5.74, 6) is 0. The standard InChI is InChI=1S/C11H20ClN/c1-10(2,3)13-9-11(12)7-5-4-6-8-11/h9H,4-8H2,1-3H3. The molecule has 0 spiro atoms. The second-order valence-corrected chi connectivity index (χ2v) is 5.78. The number of hydrogen-bond acceptors (Lipinski definition) is 1. The minimum atomic E-state index is -0.133. The van der Waals surface area contributed by atoms with E-state index in [-0.39, 0.29) is 10.4 Å². The molecule has 0 aromatic carbocycles. The van der Waals surface area contributed by atoms with Gasteiger partial charge in [0.05, 0.1) is 10.4 Å². The number of aliphatic imine (C=N–C) groups is 1. The molecule has 0 aromatic rings. The van der Waals surface area contributed by atoms with Crippen molar-refractivity contribution in [3.8, 4) is 0 Å². The normalized spacial score (nSPS) is 23.7. The summed E-state index contributed by atoms with van der Waals surface area (Å²) in [5.41, 5.74) is 0.0132. The van der Waals surface area contributed by atoms with Crippen molar-refractivity contribution < 1.29 is 0 Å². The monoisotopic (exact) mass is 201 g/mol. The van der Waals surface area contributed by atoms with E-state index in [9.17, 15) is 0 Å². The van der Waals surface area contributed by atoms with Crippen molar-refractivity contribution in [2.24, 2.45) is 4.99 Å². The van der Waals surface area contributed by atoms with Gasteiger partial charge in [0.25, 0.3) is 0 Å². The van der Waals surface area contributed by atoms with Crippen LogP contribution >= 0.6 is 11.6 Å². The lowest BCUT2D eigenvalue weighted by Crippen LogP contribution is -2.28. The molecule has 0 atom stereocenters. The smallest absolute Gasteiger partial charge is 0.0792 e. The highest BCUT2D eigenvalue weighted by atomic mass is 35.5. The number of hydrogen-bond donors (Lipinski definition) is 0. The highest BCUT2D eigenvalue weighted by Gasteiger charge is 2.27. The van der Waals surface area contributed by atoms with Crippen LogP contribution in [0.1, 0.15) is 52.9 Å². The summed E-state index contributed by atoms with van der Waals surface area (Å²) in [7, 11) is 0. The Labute approximate surface area is 86.6 Å². The Hall–Kier alpha value is -0.0400. The van der Waals surface area contributed by atoms with Crippen LogP contribution in [0.25, 0.3) is 0 Å². The van der Waals surface area contributed by atoms with Crippen LogP contribution in [-0.4, -0.2) is 16.6 Å². The van der Waals surface area contributed by atoms with Gasteiger partial charge in [-0.25, -0.2) is 0 Å². The molecule has 1 rings (SSSR count). The van der Waals surface area contributed by atoms with Crippen molar-refractivity contribution in [3.05, 3.63) is 0 Å². The molecule has 1 nitrogen and oxygen atoms in total. The van der Waals surface area contributed by atoms with E-state index in [1.54, 1.807) is 0 Å². The van der Waals surface area contributed by atoms with Gasteiger partial charge in [0, 0.05) is 6.21 Å². The molecular weight excluding hydrogens is 182 g/mol. The van der Waals surface area contributed by atoms with Crippen molar-refractivity contribution in [2.75, 3.05) is 0 Å². The van der Waals surface area contributed by atoms with Crippen LogP contribution in [-0.2, 0) is 0 Å². The van der Waals surface area contributed by atoms with Gasteiger partial charge in [-0.1, -0.05) is 19.3 Å². The average Bonchev–Trinajstić information content (AvgIpc) is 2.02. The zero-order valence-corrected chi connectivity index (χ0v) is 9.69. The molecule has 0 amide bonds. The van der Waals surface area contributed by atoms with Gasteiger partial charge < -0.3 is 0 Å². The van der Waals surface area contributed by atoms with Crippen molar-refractivity contribution in [2.45, 2.75) is 63.3 Å². The summed E-state index contributed by atoms with van der Waals surface area (Å²) in [4.78, 5) is 4.36. The van der Waals surface area contributed by atoms with Gasteiger partial charge in [-0.05, 0) is 33.6 Å². The number of rotatable bonds is 1. The molecule has 1 aliphatic rings. The lowest BCUT2D eigenvalue weighted by atomic mass is 9.89. The minimum absolute atomic E-state index is 0.0132. The predicted molar refractivity (Wildman–Crippen MR) is 59.9 cm³/mol. The third kappa shape index (κ3) is 4.12. The zero-order valence-electron chi connectivity index (χ0n) is 8.94. The Kier molecular flexibility index (Phi) is 3.39. The van der Waals surface area contributed by atoms with Gasteiger partial charge in [0.2, 0.25) is 0 Å². The molecule has 0 bridgehead atoms. The Balaban J connectivity index is 2.55. The topological polar surface area (TPSA) is 12.4 Å². The molecule has 2 heteroatoms. The van der Waals surface area contributed by atoms with E-state index < -0.39 is 0 Å². The molecule has 1 fully saturated rings. The van der Waals surface area contributed by atoms with Crippen LogP contribution in [0.15, 0.2) is 4.99 Å². The lowest BCUT2D eigenvalue weighted by molar-refractivity contribution is 0.464. The molecule has 0 heterocycles. The number of halogens is 1. The van der Waals surface area contributed by atoms with Gasteiger partial charge in [-0.3, -0.25) is 4.99 Å². The molecule has 0 radical (unpaired) electrons. The third-order valence-corrected chi connectivity index (χ3v) is 2.84. The van der Waals surface area contributed by atoms with Crippen LogP contribution in [0.2, 0.25) is 0 Å². The molecule has 0 saturated heterocycles. The molecule has 1 saturated carbocycles. The van der Waals surface area contributed by atoms with Gasteiger partial charge in [-0.2, -0.15) is 0 Å². The Morgan fingerprint density at radius 2 is 1.69 bits per heavy atom. The molecule has 76 valence electrons. The summed E-state index contributed by atoms with van der Waals surface area (Å²) >= 11 is 6.43. The largest absolute Gasteiger partial charge is 0.290 e. The Bertz CT molecular complexity index is 185. The number of nitrogens with zero attached hydrogens (tertiary/aromatic N) is 1. The van der Waals surface area contributed by atoms with E-state index in [2.05, 4.69) is 25.8 Å². The molecule has 0 aliphatic heterocycles. The van der Waals surface area contributed by atoms with E-state index in [4.69, 9.17) is 11.6 Å². The fourth-order valence-corrected chi connectivity index (χ4v) is 1.89. The second kappa shape index (κ2) is 4.00. The van der Waals surface area contributed by atoms with Gasteiger partial charge in [0.1, 0.15) is 0 Å².